The highest BCUT2D eigenvalue weighted by molar-refractivity contribution is 5.92. The van der Waals surface area contributed by atoms with Crippen molar-refractivity contribution in [3.63, 3.8) is 0 Å². The molecule has 150 valence electrons. The number of nitrogens with zero attached hydrogens (tertiary/aromatic N) is 2. The molecule has 0 fully saturated rings. The zero-order chi connectivity index (χ0) is 20.6. The Morgan fingerprint density at radius 3 is 2.45 bits per heavy atom. The molecule has 0 radical (unpaired) electrons. The van der Waals surface area contributed by atoms with Crippen molar-refractivity contribution in [2.45, 2.75) is 26.4 Å². The van der Waals surface area contributed by atoms with E-state index < -0.39 is 5.91 Å². The van der Waals surface area contributed by atoms with Crippen molar-refractivity contribution in [2.24, 2.45) is 0 Å². The Hall–Kier alpha value is -3.25. The van der Waals surface area contributed by atoms with Gasteiger partial charge in [0, 0.05) is 24.9 Å². The van der Waals surface area contributed by atoms with Crippen LogP contribution >= 0.6 is 0 Å². The summed E-state index contributed by atoms with van der Waals surface area (Å²) in [7, 11) is 0. The molecule has 1 unspecified atom stereocenters. The maximum absolute atomic E-state index is 12.5. The fraction of sp³-hybridized carbons (Fsp3) is 0.261. The highest BCUT2D eigenvalue weighted by Crippen LogP contribution is 2.15. The summed E-state index contributed by atoms with van der Waals surface area (Å²) >= 11 is 0. The lowest BCUT2D eigenvalue weighted by Gasteiger charge is -2.14. The number of amides is 1. The Morgan fingerprint density at radius 2 is 1.76 bits per heavy atom. The van der Waals surface area contributed by atoms with Gasteiger partial charge in [0.2, 0.25) is 5.43 Å². The molecule has 1 atom stereocenters. The summed E-state index contributed by atoms with van der Waals surface area (Å²) in [6, 6.07) is 20.8. The van der Waals surface area contributed by atoms with Crippen LogP contribution in [0.4, 0.5) is 0 Å². The largest absolute Gasteiger partial charge is 0.374 e. The molecule has 0 saturated carbocycles. The van der Waals surface area contributed by atoms with Crippen LogP contribution in [0.15, 0.2) is 71.5 Å². The second-order valence-corrected chi connectivity index (χ2v) is 6.78. The number of ether oxygens (including phenoxy) is 1. The molecule has 6 nitrogen and oxygen atoms in total. The third-order valence-corrected chi connectivity index (χ3v) is 4.57. The highest BCUT2D eigenvalue weighted by Gasteiger charge is 2.15. The molecule has 3 aromatic rings. The predicted octanol–water partition coefficient (Wildman–Crippen LogP) is 3.44. The molecule has 0 aliphatic rings. The predicted molar refractivity (Wildman–Crippen MR) is 112 cm³/mol. The summed E-state index contributed by atoms with van der Waals surface area (Å²) in [4.78, 5) is 24.7. The highest BCUT2D eigenvalue weighted by atomic mass is 16.5. The van der Waals surface area contributed by atoms with Crippen molar-refractivity contribution in [3.05, 3.63) is 93.9 Å². The van der Waals surface area contributed by atoms with Crippen molar-refractivity contribution in [1.82, 2.24) is 15.1 Å². The minimum Gasteiger partial charge on any atom is -0.374 e. The Morgan fingerprint density at radius 1 is 1.10 bits per heavy atom. The average Bonchev–Trinajstić information content (AvgIpc) is 2.74. The third kappa shape index (κ3) is 5.39. The Balaban J connectivity index is 1.55. The van der Waals surface area contributed by atoms with E-state index >= 15 is 0 Å². The van der Waals surface area contributed by atoms with E-state index in [1.54, 1.807) is 11.6 Å². The maximum atomic E-state index is 12.5. The van der Waals surface area contributed by atoms with Gasteiger partial charge in [0.25, 0.3) is 5.91 Å². The van der Waals surface area contributed by atoms with E-state index in [0.717, 1.165) is 11.3 Å². The first-order valence-corrected chi connectivity index (χ1v) is 9.67. The first-order valence-electron chi connectivity index (χ1n) is 9.67. The topological polar surface area (TPSA) is 73.2 Å². The van der Waals surface area contributed by atoms with E-state index in [4.69, 9.17) is 4.74 Å². The Kier molecular flexibility index (Phi) is 6.92. The molecule has 1 aromatic heterocycles. The number of para-hydroxylation sites is 1. The fourth-order valence-corrected chi connectivity index (χ4v) is 2.97. The molecule has 1 heterocycles. The van der Waals surface area contributed by atoms with Gasteiger partial charge in [-0.3, -0.25) is 9.59 Å². The van der Waals surface area contributed by atoms with Crippen LogP contribution in [0.1, 0.15) is 41.2 Å². The van der Waals surface area contributed by atoms with E-state index in [9.17, 15) is 9.59 Å². The second-order valence-electron chi connectivity index (χ2n) is 6.78. The van der Waals surface area contributed by atoms with Gasteiger partial charge >= 0.3 is 0 Å². The molecule has 0 aliphatic heterocycles. The number of carbonyl (C=O) groups excluding carboxylic acids is 1. The van der Waals surface area contributed by atoms with Gasteiger partial charge < -0.3 is 10.1 Å². The summed E-state index contributed by atoms with van der Waals surface area (Å²) in [5.41, 5.74) is 2.07. The van der Waals surface area contributed by atoms with Gasteiger partial charge in [-0.05, 0) is 38.0 Å². The zero-order valence-electron chi connectivity index (χ0n) is 16.7. The minimum atomic E-state index is -0.476. The van der Waals surface area contributed by atoms with Crippen molar-refractivity contribution < 1.29 is 9.53 Å². The van der Waals surface area contributed by atoms with Crippen LogP contribution < -0.4 is 10.7 Å². The quantitative estimate of drug-likeness (QED) is 0.597. The van der Waals surface area contributed by atoms with E-state index in [2.05, 4.69) is 10.4 Å². The number of rotatable bonds is 8. The monoisotopic (exact) mass is 391 g/mol. The van der Waals surface area contributed by atoms with Gasteiger partial charge in [0.15, 0.2) is 5.69 Å². The van der Waals surface area contributed by atoms with E-state index in [1.807, 2.05) is 67.6 Å². The number of hydrogen-bond acceptors (Lipinski definition) is 4. The Bertz CT molecular complexity index is 1000. The van der Waals surface area contributed by atoms with Gasteiger partial charge in [0.1, 0.15) is 0 Å². The van der Waals surface area contributed by atoms with E-state index in [1.165, 1.54) is 6.07 Å². The van der Waals surface area contributed by atoms with Crippen LogP contribution in [-0.2, 0) is 4.74 Å². The van der Waals surface area contributed by atoms with E-state index in [0.29, 0.717) is 25.3 Å². The standard InChI is InChI=1S/C23H25N3O3/c1-17-16-21(27)22(25-26(17)20-12-7-4-8-13-20)23(28)24-14-9-15-29-18(2)19-10-5-3-6-11-19/h3-8,10-13,16,18H,9,14-15H2,1-2H3,(H,24,28). The van der Waals surface area contributed by atoms with Crippen LogP contribution in [0.25, 0.3) is 5.69 Å². The molecule has 0 saturated heterocycles. The van der Waals surface area contributed by atoms with Crippen molar-refractivity contribution in [2.75, 3.05) is 13.2 Å². The number of aryl methyl sites for hydroxylation is 1. The summed E-state index contributed by atoms with van der Waals surface area (Å²) in [5, 5.41) is 7.03. The smallest absolute Gasteiger partial charge is 0.275 e. The van der Waals surface area contributed by atoms with Gasteiger partial charge in [-0.1, -0.05) is 48.5 Å². The molecule has 0 bridgehead atoms. The van der Waals surface area contributed by atoms with Gasteiger partial charge in [-0.2, -0.15) is 5.10 Å². The first-order chi connectivity index (χ1) is 14.1. The molecule has 1 amide bonds. The molecule has 3 rings (SSSR count). The molecule has 29 heavy (non-hydrogen) atoms. The molecule has 2 aromatic carbocycles. The van der Waals surface area contributed by atoms with E-state index in [-0.39, 0.29) is 17.2 Å². The summed E-state index contributed by atoms with van der Waals surface area (Å²) in [6.07, 6.45) is 0.630. The maximum Gasteiger partial charge on any atom is 0.275 e. The first kappa shape index (κ1) is 20.5. The lowest BCUT2D eigenvalue weighted by Crippen LogP contribution is -2.32. The molecular weight excluding hydrogens is 366 g/mol. The SMILES string of the molecule is Cc1cc(=O)c(C(=O)NCCCOC(C)c2ccccc2)nn1-c1ccccc1. The summed E-state index contributed by atoms with van der Waals surface area (Å²) in [6.45, 7) is 4.69. The van der Waals surface area contributed by atoms with Gasteiger partial charge in [-0.15, -0.1) is 0 Å². The molecule has 0 spiro atoms. The number of aromatic nitrogens is 2. The number of hydrogen-bond donors (Lipinski definition) is 1. The lowest BCUT2D eigenvalue weighted by atomic mass is 10.1. The molecule has 6 heteroatoms. The van der Waals surface area contributed by atoms with Crippen molar-refractivity contribution in [1.29, 1.82) is 0 Å². The minimum absolute atomic E-state index is 0.0104. The van der Waals surface area contributed by atoms with Crippen LogP contribution in [0.3, 0.4) is 0 Å². The van der Waals surface area contributed by atoms with Crippen LogP contribution in [0, 0.1) is 6.92 Å². The molecule has 1 N–H and O–H groups in total. The summed E-state index contributed by atoms with van der Waals surface area (Å²) < 4.78 is 7.40. The van der Waals surface area contributed by atoms with Gasteiger partial charge in [-0.25, -0.2) is 4.68 Å². The van der Waals surface area contributed by atoms with Crippen LogP contribution in [0.5, 0.6) is 0 Å². The molecular formula is C23H25N3O3. The number of nitrogens with one attached hydrogen (secondary N) is 1. The normalized spacial score (nSPS) is 11.8. The summed E-state index contributed by atoms with van der Waals surface area (Å²) in [5.74, 6) is -0.476. The van der Waals surface area contributed by atoms with Gasteiger partial charge in [0.05, 0.1) is 11.8 Å². The zero-order valence-corrected chi connectivity index (χ0v) is 16.7. The fourth-order valence-electron chi connectivity index (χ4n) is 2.97. The Labute approximate surface area is 170 Å². The molecule has 0 aliphatic carbocycles. The number of carbonyl (C=O) groups is 1. The van der Waals surface area contributed by atoms with Crippen molar-refractivity contribution >= 4 is 5.91 Å². The van der Waals surface area contributed by atoms with Crippen molar-refractivity contribution in [3.8, 4) is 5.69 Å². The lowest BCUT2D eigenvalue weighted by molar-refractivity contribution is 0.0634. The third-order valence-electron chi connectivity index (χ3n) is 4.57. The van der Waals surface area contributed by atoms with Crippen LogP contribution in [-0.4, -0.2) is 28.8 Å². The van der Waals surface area contributed by atoms with Crippen LogP contribution in [0.2, 0.25) is 0 Å². The number of benzene rings is 2. The average molecular weight is 391 g/mol. The second kappa shape index (κ2) is 9.80.